The Morgan fingerprint density at radius 1 is 1.11 bits per heavy atom. The van der Waals surface area contributed by atoms with E-state index in [0.717, 1.165) is 30.7 Å². The number of hydrogen-bond donors (Lipinski definition) is 0. The molecule has 0 bridgehead atoms. The van der Waals surface area contributed by atoms with Gasteiger partial charge in [-0.1, -0.05) is 44.2 Å². The van der Waals surface area contributed by atoms with Crippen molar-refractivity contribution >= 4 is 12.4 Å². The molecule has 1 aliphatic heterocycles. The van der Waals surface area contributed by atoms with Gasteiger partial charge in [-0.25, -0.2) is 4.58 Å². The lowest BCUT2D eigenvalue weighted by molar-refractivity contribution is -0.591. The summed E-state index contributed by atoms with van der Waals surface area (Å²) in [5.41, 5.74) is 6.63. The summed E-state index contributed by atoms with van der Waals surface area (Å²) in [6.07, 6.45) is 11.5. The maximum Gasteiger partial charge on any atom is 0.218 e. The molecular weight excluding hydrogens is 438 g/mol. The van der Waals surface area contributed by atoms with Gasteiger partial charge < -0.3 is 4.90 Å². The minimum absolute atomic E-state index is 0.210. The summed E-state index contributed by atoms with van der Waals surface area (Å²) in [4.78, 5) is 2.07. The van der Waals surface area contributed by atoms with Crippen LogP contribution in [0.3, 0.4) is 0 Å². The largest absolute Gasteiger partial charge is 0.378 e. The Labute approximate surface area is 219 Å². The van der Waals surface area contributed by atoms with Crippen molar-refractivity contribution < 1.29 is 9.14 Å². The molecule has 2 aromatic rings. The number of likely N-dealkylation sites (N-methyl/N-ethyl adjacent to an activating group) is 1. The molecule has 3 nitrogen and oxygen atoms in total. The number of nitrogens with zero attached hydrogens (tertiary/aromatic N) is 3. The molecule has 0 fully saturated rings. The Hall–Kier alpha value is -3.20. The van der Waals surface area contributed by atoms with Crippen LogP contribution in [-0.4, -0.2) is 35.8 Å². The number of pyridine rings is 1. The Morgan fingerprint density at radius 3 is 2.44 bits per heavy atom. The van der Waals surface area contributed by atoms with Crippen molar-refractivity contribution in [3.05, 3.63) is 97.0 Å². The molecule has 1 aliphatic rings. The summed E-state index contributed by atoms with van der Waals surface area (Å²) < 4.78 is 4.45. The summed E-state index contributed by atoms with van der Waals surface area (Å²) >= 11 is 0. The zero-order chi connectivity index (χ0) is 26.7. The van der Waals surface area contributed by atoms with Crippen LogP contribution >= 0.6 is 0 Å². The first-order valence-corrected chi connectivity index (χ1v) is 13.0. The smallest absolute Gasteiger partial charge is 0.218 e. The second kappa shape index (κ2) is 10.8. The van der Waals surface area contributed by atoms with Crippen molar-refractivity contribution in [1.29, 1.82) is 0 Å². The highest BCUT2D eigenvalue weighted by Crippen LogP contribution is 2.49. The van der Waals surface area contributed by atoms with Crippen LogP contribution in [0.1, 0.15) is 53.0 Å². The second-order valence-corrected chi connectivity index (χ2v) is 11.2. The van der Waals surface area contributed by atoms with Gasteiger partial charge in [-0.15, -0.1) is 0 Å². The van der Waals surface area contributed by atoms with Crippen molar-refractivity contribution in [1.82, 2.24) is 4.90 Å². The van der Waals surface area contributed by atoms with Gasteiger partial charge in [-0.05, 0) is 69.0 Å². The minimum Gasteiger partial charge on any atom is -0.378 e. The molecule has 3 heteroatoms. The topological polar surface area (TPSA) is 10.1 Å². The van der Waals surface area contributed by atoms with Crippen molar-refractivity contribution in [2.75, 3.05) is 14.1 Å². The van der Waals surface area contributed by atoms with Crippen molar-refractivity contribution in [3.8, 4) is 11.3 Å². The van der Waals surface area contributed by atoms with E-state index in [1.54, 1.807) is 0 Å². The first kappa shape index (κ1) is 27.4. The maximum atomic E-state index is 4.63. The van der Waals surface area contributed by atoms with E-state index in [0.29, 0.717) is 5.92 Å². The Balaban J connectivity index is 2.29. The van der Waals surface area contributed by atoms with Gasteiger partial charge in [0, 0.05) is 44.4 Å². The van der Waals surface area contributed by atoms with Crippen molar-refractivity contribution in [2.45, 2.75) is 59.4 Å². The van der Waals surface area contributed by atoms with E-state index in [4.69, 9.17) is 0 Å². The van der Waals surface area contributed by atoms with E-state index >= 15 is 0 Å². The van der Waals surface area contributed by atoms with Gasteiger partial charge in [0.2, 0.25) is 5.69 Å². The molecule has 1 aromatic heterocycles. The molecule has 3 rings (SSSR count). The van der Waals surface area contributed by atoms with Crippen molar-refractivity contribution in [2.24, 2.45) is 11.3 Å². The van der Waals surface area contributed by atoms with E-state index in [1.165, 1.54) is 22.4 Å². The van der Waals surface area contributed by atoms with E-state index < -0.39 is 0 Å². The molecule has 0 radical (unpaired) electrons. The van der Waals surface area contributed by atoms with Crippen LogP contribution in [0.4, 0.5) is 0 Å². The average molecular weight is 484 g/mol. The highest BCUT2D eigenvalue weighted by molar-refractivity contribution is 5.62. The van der Waals surface area contributed by atoms with Crippen LogP contribution in [0.5, 0.6) is 0 Å². The van der Waals surface area contributed by atoms with E-state index in [2.05, 4.69) is 136 Å². The molecular formula is C33H45N3+2. The molecule has 1 aromatic carbocycles. The molecule has 2 atom stereocenters. The van der Waals surface area contributed by atoms with Crippen molar-refractivity contribution in [3.63, 3.8) is 0 Å². The number of rotatable bonds is 6. The standard InChI is InChI=1S/C33H45N3/c1-25(2)19-22-35(10)33(7)24-28(5)36-21-14-13-17-31(36)30-16-12-11-15-29(30)18-20-32(33,6)26(3)23-27(4)34(8)9/h11-17,19,21-23,25H,4-5,10,18,20,24H2,1-3,6-9H3/q+2/b22-19-,26-23+. The number of fused-ring (bicyclic) bond motifs is 3. The fourth-order valence-corrected chi connectivity index (χ4v) is 5.28. The van der Waals surface area contributed by atoms with E-state index in [9.17, 15) is 0 Å². The zero-order valence-electron chi connectivity index (χ0n) is 23.5. The quantitative estimate of drug-likeness (QED) is 0.242. The van der Waals surface area contributed by atoms with Crippen LogP contribution in [-0.2, 0) is 6.42 Å². The van der Waals surface area contributed by atoms with Gasteiger partial charge in [-0.2, -0.15) is 4.57 Å². The van der Waals surface area contributed by atoms with Crippen LogP contribution in [0, 0.1) is 11.3 Å². The average Bonchev–Trinajstić information content (AvgIpc) is 2.85. The van der Waals surface area contributed by atoms with Crippen LogP contribution in [0.15, 0.2) is 91.4 Å². The molecule has 0 aliphatic carbocycles. The third-order valence-electron chi connectivity index (χ3n) is 8.24. The summed E-state index contributed by atoms with van der Waals surface area (Å²) in [6.45, 7) is 24.9. The molecule has 2 unspecified atom stereocenters. The zero-order valence-corrected chi connectivity index (χ0v) is 23.5. The normalized spacial score (nSPS) is 22.8. The molecule has 0 saturated carbocycles. The summed E-state index contributed by atoms with van der Waals surface area (Å²) in [6, 6.07) is 15.2. The van der Waals surface area contributed by atoms with Crippen LogP contribution < -0.4 is 4.57 Å². The van der Waals surface area contributed by atoms with E-state index in [1.807, 2.05) is 14.1 Å². The molecule has 0 spiro atoms. The fourth-order valence-electron chi connectivity index (χ4n) is 5.28. The van der Waals surface area contributed by atoms with Gasteiger partial charge in [0.1, 0.15) is 6.72 Å². The second-order valence-electron chi connectivity index (χ2n) is 11.2. The van der Waals surface area contributed by atoms with Crippen LogP contribution in [0.2, 0.25) is 0 Å². The van der Waals surface area contributed by atoms with Gasteiger partial charge in [0.25, 0.3) is 0 Å². The molecule has 36 heavy (non-hydrogen) atoms. The molecule has 0 amide bonds. The summed E-state index contributed by atoms with van der Waals surface area (Å²) in [5.74, 6) is 0.443. The lowest BCUT2D eigenvalue weighted by atomic mass is 9.61. The van der Waals surface area contributed by atoms with Gasteiger partial charge in [0.15, 0.2) is 23.6 Å². The number of benzene rings is 1. The van der Waals surface area contributed by atoms with E-state index in [-0.39, 0.29) is 11.0 Å². The highest BCUT2D eigenvalue weighted by atomic mass is 15.1. The lowest BCUT2D eigenvalue weighted by Crippen LogP contribution is -2.54. The number of hydrogen-bond acceptors (Lipinski definition) is 1. The third kappa shape index (κ3) is 5.31. The first-order chi connectivity index (χ1) is 16.9. The number of allylic oxidation sites excluding steroid dienone is 2. The molecule has 190 valence electrons. The first-order valence-electron chi connectivity index (χ1n) is 13.0. The lowest BCUT2D eigenvalue weighted by Gasteiger charge is -2.44. The fraction of sp³-hybridized carbons (Fsp3) is 0.394. The van der Waals surface area contributed by atoms with Gasteiger partial charge in [0.05, 0.1) is 11.8 Å². The highest BCUT2D eigenvalue weighted by Gasteiger charge is 2.54. The molecule has 0 saturated heterocycles. The summed E-state index contributed by atoms with van der Waals surface area (Å²) in [7, 11) is 4.09. The Morgan fingerprint density at radius 2 is 1.78 bits per heavy atom. The Kier molecular flexibility index (Phi) is 8.23. The third-order valence-corrected chi connectivity index (χ3v) is 8.24. The number of aryl methyl sites for hydroxylation is 1. The van der Waals surface area contributed by atoms with Crippen LogP contribution in [0.25, 0.3) is 17.0 Å². The van der Waals surface area contributed by atoms with Gasteiger partial charge in [-0.3, -0.25) is 0 Å². The molecule has 2 heterocycles. The predicted molar refractivity (Wildman–Crippen MR) is 155 cm³/mol. The molecule has 0 N–H and O–H groups in total. The maximum absolute atomic E-state index is 4.63. The SMILES string of the molecule is C=C(/C=C(\C)C1(C)CCc2ccccc2-c2cccc[n+]2C(=C)CC1(C)[N+](=C)/C=C\C(C)C)N(C)C. The van der Waals surface area contributed by atoms with Gasteiger partial charge >= 0.3 is 0 Å². The predicted octanol–water partition coefficient (Wildman–Crippen LogP) is 7.12. The summed E-state index contributed by atoms with van der Waals surface area (Å²) in [5, 5.41) is 0. The monoisotopic (exact) mass is 483 g/mol. The number of aromatic nitrogens is 1. The Bertz CT molecular complexity index is 1210. The minimum atomic E-state index is -0.338.